The molecule has 2 aliphatic heterocycles. The van der Waals surface area contributed by atoms with E-state index in [0.717, 1.165) is 101 Å². The molecule has 0 aliphatic carbocycles. The van der Waals surface area contributed by atoms with Gasteiger partial charge in [-0.1, -0.05) is 58.0 Å². The second-order valence-corrected chi connectivity index (χ2v) is 13.4. The number of fused-ring (bicyclic) bond motifs is 2. The summed E-state index contributed by atoms with van der Waals surface area (Å²) in [6, 6.07) is 19.3. The Balaban J connectivity index is 0.000000181. The molecule has 13 heteroatoms. The van der Waals surface area contributed by atoms with Crippen molar-refractivity contribution in [2.24, 2.45) is 0 Å². The standard InChI is InChI=1S/C20H20ClN3O3S.C11H12ClN3S/c21-15-4-5-17-18(11-15)28-20(22-17)24-8-6-23(7-9-24)12-14-2-1-3-16(10-14)27-13-19(25)26;12-8-1-2-9-10(7-8)16-11(14-9)15-5-3-13-4-6-15/h1-5,10-11H,6-9,12-13H2,(H,25,26);1-2,7,13H,3-6H2. The predicted molar refractivity (Wildman–Crippen MR) is 181 cm³/mol. The zero-order valence-corrected chi connectivity index (χ0v) is 27.1. The molecule has 0 bridgehead atoms. The summed E-state index contributed by atoms with van der Waals surface area (Å²) in [6.07, 6.45) is 0. The molecule has 4 heterocycles. The topological polar surface area (TPSA) is 94.1 Å². The highest BCUT2D eigenvalue weighted by Crippen LogP contribution is 2.32. The number of aliphatic carboxylic acids is 1. The minimum atomic E-state index is -0.973. The van der Waals surface area contributed by atoms with Crippen LogP contribution in [-0.4, -0.2) is 84.9 Å². The number of rotatable bonds is 7. The molecule has 2 aliphatic rings. The number of carboxylic acid groups (broad SMARTS) is 1. The van der Waals surface area contributed by atoms with Crippen molar-refractivity contribution in [2.45, 2.75) is 6.54 Å². The maximum atomic E-state index is 10.6. The van der Waals surface area contributed by atoms with Crippen LogP contribution in [0.1, 0.15) is 5.56 Å². The molecular formula is C31H32Cl2N6O3S2. The highest BCUT2D eigenvalue weighted by molar-refractivity contribution is 7.22. The molecule has 44 heavy (non-hydrogen) atoms. The van der Waals surface area contributed by atoms with E-state index < -0.39 is 5.97 Å². The lowest BCUT2D eigenvalue weighted by atomic mass is 10.2. The molecule has 0 amide bonds. The van der Waals surface area contributed by atoms with Gasteiger partial charge >= 0.3 is 5.97 Å². The summed E-state index contributed by atoms with van der Waals surface area (Å²) in [4.78, 5) is 27.1. The van der Waals surface area contributed by atoms with E-state index in [9.17, 15) is 4.79 Å². The van der Waals surface area contributed by atoms with E-state index >= 15 is 0 Å². The third-order valence-corrected chi connectivity index (χ3v) is 10.0. The van der Waals surface area contributed by atoms with E-state index in [4.69, 9.17) is 38.0 Å². The number of ether oxygens (including phenoxy) is 1. The number of hydrogen-bond donors (Lipinski definition) is 2. The van der Waals surface area contributed by atoms with Gasteiger partial charge in [0.25, 0.3) is 0 Å². The Kier molecular flexibility index (Phi) is 10.00. The van der Waals surface area contributed by atoms with Crippen molar-refractivity contribution in [1.29, 1.82) is 0 Å². The number of hydrogen-bond acceptors (Lipinski definition) is 10. The SMILES string of the molecule is Clc1ccc2nc(N3CCNCC3)sc2c1.O=C(O)COc1cccc(CN2CCN(c3nc4ccc(Cl)cc4s3)CC2)c1. The molecule has 9 nitrogen and oxygen atoms in total. The molecule has 0 unspecified atom stereocenters. The number of halogens is 2. The maximum absolute atomic E-state index is 10.6. The van der Waals surface area contributed by atoms with Gasteiger partial charge in [-0.3, -0.25) is 4.90 Å². The van der Waals surface area contributed by atoms with E-state index in [-0.39, 0.29) is 6.61 Å². The fourth-order valence-corrected chi connectivity index (χ4v) is 7.72. The van der Waals surface area contributed by atoms with Crippen LogP contribution in [0.4, 0.5) is 10.3 Å². The minimum absolute atomic E-state index is 0.324. The number of thiazole rings is 2. The molecule has 0 atom stereocenters. The first kappa shape index (κ1) is 30.8. The van der Waals surface area contributed by atoms with Crippen LogP contribution in [0.15, 0.2) is 60.7 Å². The lowest BCUT2D eigenvalue weighted by Gasteiger charge is -2.34. The molecule has 0 radical (unpaired) electrons. The molecule has 230 valence electrons. The van der Waals surface area contributed by atoms with Gasteiger partial charge in [0.1, 0.15) is 5.75 Å². The number of carboxylic acids is 1. The van der Waals surface area contributed by atoms with E-state index in [1.165, 1.54) is 4.70 Å². The first-order chi connectivity index (χ1) is 21.4. The monoisotopic (exact) mass is 670 g/mol. The van der Waals surface area contributed by atoms with Crippen LogP contribution in [0.5, 0.6) is 5.75 Å². The third kappa shape index (κ3) is 7.90. The summed E-state index contributed by atoms with van der Waals surface area (Å²) in [5, 5.41) is 15.7. The minimum Gasteiger partial charge on any atom is -0.482 e. The van der Waals surface area contributed by atoms with Gasteiger partial charge in [-0.05, 0) is 54.1 Å². The van der Waals surface area contributed by atoms with Gasteiger partial charge in [-0.2, -0.15) is 0 Å². The van der Waals surface area contributed by atoms with Crippen LogP contribution in [0.2, 0.25) is 10.0 Å². The Morgan fingerprint density at radius 3 is 2.00 bits per heavy atom. The van der Waals surface area contributed by atoms with Crippen LogP contribution in [0.3, 0.4) is 0 Å². The third-order valence-electron chi connectivity index (χ3n) is 7.38. The van der Waals surface area contributed by atoms with Gasteiger partial charge in [-0.25, -0.2) is 14.8 Å². The lowest BCUT2D eigenvalue weighted by molar-refractivity contribution is -0.139. The van der Waals surface area contributed by atoms with Crippen LogP contribution in [0, 0.1) is 0 Å². The average Bonchev–Trinajstić information content (AvgIpc) is 3.65. The van der Waals surface area contributed by atoms with Crippen LogP contribution >= 0.6 is 45.9 Å². The van der Waals surface area contributed by atoms with Crippen molar-refractivity contribution in [2.75, 3.05) is 68.8 Å². The van der Waals surface area contributed by atoms with Crippen LogP contribution in [-0.2, 0) is 11.3 Å². The number of benzene rings is 3. The summed E-state index contributed by atoms with van der Waals surface area (Å²) in [6.45, 7) is 8.36. The van der Waals surface area contributed by atoms with E-state index in [1.54, 1.807) is 28.7 Å². The molecule has 5 aromatic rings. The smallest absolute Gasteiger partial charge is 0.341 e. The number of aromatic nitrogens is 2. The number of anilines is 2. The quantitative estimate of drug-likeness (QED) is 0.213. The van der Waals surface area contributed by atoms with Crippen molar-refractivity contribution < 1.29 is 14.6 Å². The molecule has 3 aromatic carbocycles. The number of piperazine rings is 2. The highest BCUT2D eigenvalue weighted by atomic mass is 35.5. The molecule has 2 N–H and O–H groups in total. The molecular weight excluding hydrogens is 639 g/mol. The Labute approximate surface area is 273 Å². The second-order valence-electron chi connectivity index (χ2n) is 10.5. The highest BCUT2D eigenvalue weighted by Gasteiger charge is 2.20. The maximum Gasteiger partial charge on any atom is 0.341 e. The molecule has 2 fully saturated rings. The zero-order valence-electron chi connectivity index (χ0n) is 23.9. The van der Waals surface area contributed by atoms with Crippen molar-refractivity contribution in [3.05, 3.63) is 76.3 Å². The summed E-state index contributed by atoms with van der Waals surface area (Å²) >= 11 is 15.4. The number of carbonyl (C=O) groups is 1. The van der Waals surface area contributed by atoms with Gasteiger partial charge in [-0.15, -0.1) is 0 Å². The summed E-state index contributed by atoms with van der Waals surface area (Å²) in [7, 11) is 0. The Morgan fingerprint density at radius 1 is 0.818 bits per heavy atom. The Bertz CT molecular complexity index is 1730. The molecule has 7 rings (SSSR count). The number of nitrogens with one attached hydrogen (secondary N) is 1. The van der Waals surface area contributed by atoms with Crippen molar-refractivity contribution in [3.63, 3.8) is 0 Å². The van der Waals surface area contributed by atoms with E-state index in [2.05, 4.69) is 25.0 Å². The summed E-state index contributed by atoms with van der Waals surface area (Å²) in [5.41, 5.74) is 3.15. The van der Waals surface area contributed by atoms with Crippen molar-refractivity contribution >= 4 is 82.5 Å². The van der Waals surface area contributed by atoms with Crippen LogP contribution < -0.4 is 19.9 Å². The van der Waals surface area contributed by atoms with E-state index in [0.29, 0.717) is 5.75 Å². The zero-order chi connectivity index (χ0) is 30.5. The summed E-state index contributed by atoms with van der Waals surface area (Å²) in [5.74, 6) is -0.384. The van der Waals surface area contributed by atoms with Gasteiger partial charge in [0, 0.05) is 68.9 Å². The van der Waals surface area contributed by atoms with Gasteiger partial charge in [0.15, 0.2) is 16.9 Å². The Hall–Kier alpha value is -3.19. The van der Waals surface area contributed by atoms with Gasteiger partial charge < -0.3 is 25.0 Å². The van der Waals surface area contributed by atoms with Crippen LogP contribution in [0.25, 0.3) is 20.4 Å². The molecule has 0 saturated carbocycles. The molecule has 2 aromatic heterocycles. The van der Waals surface area contributed by atoms with Gasteiger partial charge in [0.2, 0.25) is 0 Å². The predicted octanol–water partition coefficient (Wildman–Crippen LogP) is 6.09. The largest absolute Gasteiger partial charge is 0.482 e. The fraction of sp³-hybridized carbons (Fsp3) is 0.323. The van der Waals surface area contributed by atoms with E-state index in [1.807, 2.05) is 54.6 Å². The second kappa shape index (κ2) is 14.3. The molecule has 2 saturated heterocycles. The summed E-state index contributed by atoms with van der Waals surface area (Å²) < 4.78 is 7.55. The van der Waals surface area contributed by atoms with Crippen molar-refractivity contribution in [3.8, 4) is 5.75 Å². The number of nitrogens with zero attached hydrogens (tertiary/aromatic N) is 5. The lowest BCUT2D eigenvalue weighted by Crippen LogP contribution is -2.45. The Morgan fingerprint density at radius 2 is 1.41 bits per heavy atom. The molecule has 0 spiro atoms. The first-order valence-electron chi connectivity index (χ1n) is 14.4. The van der Waals surface area contributed by atoms with Gasteiger partial charge in [0.05, 0.1) is 20.4 Å². The average molecular weight is 672 g/mol. The van der Waals surface area contributed by atoms with Crippen molar-refractivity contribution in [1.82, 2.24) is 20.2 Å². The fourth-order valence-electron chi connectivity index (χ4n) is 5.13. The first-order valence-corrected chi connectivity index (χ1v) is 16.8. The normalized spacial score (nSPS) is 15.8.